The highest BCUT2D eigenvalue weighted by Crippen LogP contribution is 2.48. The van der Waals surface area contributed by atoms with E-state index in [2.05, 4.69) is 11.7 Å². The summed E-state index contributed by atoms with van der Waals surface area (Å²) in [6.07, 6.45) is 15.2. The molecule has 2 aliphatic rings. The number of hydrogen-bond acceptors (Lipinski definition) is 1. The molecule has 36 heavy (non-hydrogen) atoms. The van der Waals surface area contributed by atoms with E-state index in [-0.39, 0.29) is 17.0 Å². The smallest absolute Gasteiger partial charge is 0.387 e. The fourth-order valence-corrected chi connectivity index (χ4v) is 6.52. The fourth-order valence-electron chi connectivity index (χ4n) is 6.52. The second-order valence-corrected chi connectivity index (χ2v) is 10.8. The van der Waals surface area contributed by atoms with Crippen molar-refractivity contribution in [1.29, 1.82) is 0 Å². The second-order valence-electron chi connectivity index (χ2n) is 10.8. The van der Waals surface area contributed by atoms with Crippen molar-refractivity contribution in [3.8, 4) is 16.9 Å². The minimum Gasteiger partial charge on any atom is -0.429 e. The van der Waals surface area contributed by atoms with Crippen molar-refractivity contribution < 1.29 is 26.7 Å². The van der Waals surface area contributed by atoms with E-state index in [1.807, 2.05) is 6.07 Å². The molecule has 0 heterocycles. The zero-order valence-electron chi connectivity index (χ0n) is 21.1. The van der Waals surface area contributed by atoms with Crippen LogP contribution in [0, 0.1) is 35.2 Å². The van der Waals surface area contributed by atoms with Gasteiger partial charge in [0.25, 0.3) is 0 Å². The van der Waals surface area contributed by atoms with Crippen LogP contribution in [-0.2, 0) is 0 Å². The molecule has 0 radical (unpaired) electrons. The first-order chi connectivity index (χ1) is 17.4. The number of hydrogen-bond donors (Lipinski definition) is 0. The van der Waals surface area contributed by atoms with Gasteiger partial charge in [0, 0.05) is 5.56 Å². The lowest BCUT2D eigenvalue weighted by Gasteiger charge is -2.42. The number of unbranched alkanes of at least 4 members (excludes halogenated alkanes) is 4. The quantitative estimate of drug-likeness (QED) is 0.229. The molecule has 0 aliphatic heterocycles. The zero-order chi connectivity index (χ0) is 25.7. The molecule has 2 aromatic carbocycles. The average Bonchev–Trinajstić information content (AvgIpc) is 2.85. The van der Waals surface area contributed by atoms with Crippen molar-refractivity contribution in [3.05, 3.63) is 53.3 Å². The van der Waals surface area contributed by atoms with E-state index in [1.165, 1.54) is 76.3 Å². The van der Waals surface area contributed by atoms with Crippen molar-refractivity contribution in [2.45, 2.75) is 96.5 Å². The van der Waals surface area contributed by atoms with E-state index in [1.54, 1.807) is 0 Å². The van der Waals surface area contributed by atoms with E-state index in [0.717, 1.165) is 42.4 Å². The van der Waals surface area contributed by atoms with Gasteiger partial charge in [-0.05, 0) is 85.1 Å². The second kappa shape index (κ2) is 12.4. The Labute approximate surface area is 211 Å². The van der Waals surface area contributed by atoms with Crippen LogP contribution in [0.15, 0.2) is 30.3 Å². The summed E-state index contributed by atoms with van der Waals surface area (Å²) in [4.78, 5) is 0. The van der Waals surface area contributed by atoms with E-state index < -0.39 is 29.8 Å². The normalized spacial score (nSPS) is 24.1. The molecule has 4 rings (SSSR count). The maximum Gasteiger partial charge on any atom is 0.387 e. The first kappa shape index (κ1) is 26.9. The molecule has 2 aliphatic carbocycles. The fraction of sp³-hybridized carbons (Fsp3) is 0.600. The topological polar surface area (TPSA) is 9.23 Å². The van der Waals surface area contributed by atoms with Crippen molar-refractivity contribution in [2.24, 2.45) is 17.8 Å². The van der Waals surface area contributed by atoms with Crippen molar-refractivity contribution >= 4 is 0 Å². The van der Waals surface area contributed by atoms with Gasteiger partial charge >= 0.3 is 6.61 Å². The standard InChI is InChI=1S/C30H37F5O/c1-2-3-4-5-6-7-19-8-9-21-15-22(11-10-20(21)14-19)23-12-13-25(26(31)16-23)24-17-27(32)29(28(33)18-24)36-30(34)35/h12-13,16-22,30H,2-11,14-15H2,1H3/t19?,20-,21-,22-/m1/s1. The number of rotatable bonds is 10. The molecule has 0 N–H and O–H groups in total. The molecule has 0 saturated heterocycles. The van der Waals surface area contributed by atoms with E-state index in [0.29, 0.717) is 5.92 Å². The monoisotopic (exact) mass is 508 g/mol. The number of fused-ring (bicyclic) bond motifs is 1. The zero-order valence-corrected chi connectivity index (χ0v) is 21.1. The molecule has 0 spiro atoms. The highest BCUT2D eigenvalue weighted by molar-refractivity contribution is 5.66. The Morgan fingerprint density at radius 3 is 2.19 bits per heavy atom. The predicted octanol–water partition coefficient (Wildman–Crippen LogP) is 10.0. The Hall–Kier alpha value is -2.11. The van der Waals surface area contributed by atoms with Crippen LogP contribution in [0.3, 0.4) is 0 Å². The largest absolute Gasteiger partial charge is 0.429 e. The van der Waals surface area contributed by atoms with Gasteiger partial charge in [0.15, 0.2) is 17.4 Å². The van der Waals surface area contributed by atoms with Gasteiger partial charge in [-0.2, -0.15) is 8.78 Å². The average molecular weight is 509 g/mol. The number of alkyl halides is 2. The minimum atomic E-state index is -3.35. The third-order valence-corrected chi connectivity index (χ3v) is 8.42. The Balaban J connectivity index is 1.36. The van der Waals surface area contributed by atoms with Gasteiger partial charge in [-0.25, -0.2) is 13.2 Å². The maximum absolute atomic E-state index is 15.0. The van der Waals surface area contributed by atoms with Crippen molar-refractivity contribution in [3.63, 3.8) is 0 Å². The summed E-state index contributed by atoms with van der Waals surface area (Å²) < 4.78 is 72.0. The van der Waals surface area contributed by atoms with Crippen LogP contribution in [0.4, 0.5) is 22.0 Å². The molecular weight excluding hydrogens is 471 g/mol. The van der Waals surface area contributed by atoms with Crippen LogP contribution < -0.4 is 4.74 Å². The molecule has 6 heteroatoms. The Kier molecular flexibility index (Phi) is 9.30. The summed E-state index contributed by atoms with van der Waals surface area (Å²) in [6, 6.07) is 6.50. The Morgan fingerprint density at radius 1 is 0.806 bits per heavy atom. The molecule has 1 nitrogen and oxygen atoms in total. The van der Waals surface area contributed by atoms with Gasteiger partial charge in [-0.15, -0.1) is 0 Å². The molecule has 0 amide bonds. The van der Waals surface area contributed by atoms with Crippen LogP contribution >= 0.6 is 0 Å². The number of benzene rings is 2. The predicted molar refractivity (Wildman–Crippen MR) is 133 cm³/mol. The number of ether oxygens (including phenoxy) is 1. The van der Waals surface area contributed by atoms with Gasteiger partial charge in [-0.3, -0.25) is 0 Å². The van der Waals surface area contributed by atoms with Crippen LogP contribution in [0.1, 0.15) is 95.5 Å². The molecule has 4 atom stereocenters. The van der Waals surface area contributed by atoms with Crippen molar-refractivity contribution in [2.75, 3.05) is 0 Å². The van der Waals surface area contributed by atoms with Gasteiger partial charge in [0.2, 0.25) is 0 Å². The highest BCUT2D eigenvalue weighted by atomic mass is 19.3. The van der Waals surface area contributed by atoms with Crippen LogP contribution in [0.25, 0.3) is 11.1 Å². The lowest BCUT2D eigenvalue weighted by atomic mass is 9.63. The van der Waals surface area contributed by atoms with Gasteiger partial charge in [-0.1, -0.05) is 64.0 Å². The summed E-state index contributed by atoms with van der Waals surface area (Å²) in [7, 11) is 0. The van der Waals surface area contributed by atoms with Crippen molar-refractivity contribution in [1.82, 2.24) is 0 Å². The highest BCUT2D eigenvalue weighted by Gasteiger charge is 2.36. The first-order valence-corrected chi connectivity index (χ1v) is 13.6. The maximum atomic E-state index is 15.0. The van der Waals surface area contributed by atoms with Gasteiger partial charge in [0.05, 0.1) is 0 Å². The molecule has 198 valence electrons. The minimum absolute atomic E-state index is 0.0354. The molecule has 1 unspecified atom stereocenters. The summed E-state index contributed by atoms with van der Waals surface area (Å²) in [5.74, 6) is -1.69. The molecule has 0 aromatic heterocycles. The molecule has 2 saturated carbocycles. The molecule has 0 bridgehead atoms. The SMILES string of the molecule is CCCCCCCC1CC[C@@H]2C[C@H](c3ccc(-c4cc(F)c(OC(F)F)c(F)c4)c(F)c3)CC[C@@H]2C1. The van der Waals surface area contributed by atoms with Crippen LogP contribution in [-0.4, -0.2) is 6.61 Å². The summed E-state index contributed by atoms with van der Waals surface area (Å²) in [6.45, 7) is -1.10. The number of halogens is 5. The first-order valence-electron chi connectivity index (χ1n) is 13.6. The summed E-state index contributed by atoms with van der Waals surface area (Å²) >= 11 is 0. The van der Waals surface area contributed by atoms with Crippen LogP contribution in [0.5, 0.6) is 5.75 Å². The van der Waals surface area contributed by atoms with E-state index >= 15 is 4.39 Å². The van der Waals surface area contributed by atoms with E-state index in [9.17, 15) is 17.6 Å². The molecule has 2 aromatic rings. The van der Waals surface area contributed by atoms with Crippen LogP contribution in [0.2, 0.25) is 0 Å². The molecule has 2 fully saturated rings. The van der Waals surface area contributed by atoms with Gasteiger partial charge in [0.1, 0.15) is 5.82 Å². The third-order valence-electron chi connectivity index (χ3n) is 8.42. The van der Waals surface area contributed by atoms with Gasteiger partial charge < -0.3 is 4.74 Å². The lowest BCUT2D eigenvalue weighted by molar-refractivity contribution is -0.0546. The molecular formula is C30H37F5O. The van der Waals surface area contributed by atoms with E-state index in [4.69, 9.17) is 0 Å². The Bertz CT molecular complexity index is 984. The Morgan fingerprint density at radius 2 is 1.50 bits per heavy atom. The summed E-state index contributed by atoms with van der Waals surface area (Å²) in [5.41, 5.74) is 0.909. The summed E-state index contributed by atoms with van der Waals surface area (Å²) in [5, 5.41) is 0. The lowest BCUT2D eigenvalue weighted by Crippen LogP contribution is -2.30. The third kappa shape index (κ3) is 6.60.